The molecule has 1 atom stereocenters. The summed E-state index contributed by atoms with van der Waals surface area (Å²) in [6.45, 7) is 4.30. The summed E-state index contributed by atoms with van der Waals surface area (Å²) in [5, 5.41) is 7.42. The number of aromatic nitrogens is 2. The highest BCUT2D eigenvalue weighted by molar-refractivity contribution is 5.94. The van der Waals surface area contributed by atoms with E-state index < -0.39 is 0 Å². The molecule has 21 heavy (non-hydrogen) atoms. The first-order valence-electron chi connectivity index (χ1n) is 7.01. The maximum absolute atomic E-state index is 11.3. The molecule has 0 radical (unpaired) electrons. The monoisotopic (exact) mass is 286 g/mol. The van der Waals surface area contributed by atoms with E-state index in [1.165, 1.54) is 0 Å². The van der Waals surface area contributed by atoms with Gasteiger partial charge >= 0.3 is 0 Å². The van der Waals surface area contributed by atoms with E-state index in [9.17, 15) is 4.79 Å². The number of carbonyl (C=O) groups is 1. The Labute approximate surface area is 123 Å². The number of hydrogen-bond donors (Lipinski definition) is 1. The summed E-state index contributed by atoms with van der Waals surface area (Å²) in [6.07, 6.45) is 0. The molecule has 2 heterocycles. The summed E-state index contributed by atoms with van der Waals surface area (Å²) < 4.78 is 5.35. The highest BCUT2D eigenvalue weighted by atomic mass is 16.5. The van der Waals surface area contributed by atoms with Gasteiger partial charge in [0.25, 0.3) is 5.89 Å². The summed E-state index contributed by atoms with van der Waals surface area (Å²) in [4.78, 5) is 18.0. The van der Waals surface area contributed by atoms with Crippen molar-refractivity contribution in [2.24, 2.45) is 0 Å². The molecule has 2 aromatic rings. The number of rotatable bonds is 3. The smallest absolute Gasteiger partial charge is 0.257 e. The van der Waals surface area contributed by atoms with Gasteiger partial charge in [-0.2, -0.15) is 4.98 Å². The van der Waals surface area contributed by atoms with Crippen molar-refractivity contribution in [1.29, 1.82) is 0 Å². The Morgan fingerprint density at radius 1 is 1.38 bits per heavy atom. The average Bonchev–Trinajstić information content (AvgIpc) is 2.97. The Hall–Kier alpha value is -2.05. The van der Waals surface area contributed by atoms with E-state index in [1.54, 1.807) is 19.1 Å². The topological polar surface area (TPSA) is 71.3 Å². The molecule has 1 aromatic carbocycles. The van der Waals surface area contributed by atoms with Crippen LogP contribution in [0.3, 0.4) is 0 Å². The van der Waals surface area contributed by atoms with Gasteiger partial charge in [0.05, 0.1) is 6.04 Å². The Balaban J connectivity index is 1.82. The van der Waals surface area contributed by atoms with Crippen molar-refractivity contribution in [2.75, 3.05) is 26.7 Å². The molecular weight excluding hydrogens is 268 g/mol. The number of Topliss-reactive ketones (excluding diaryl/α,β-unsaturated/α-hetero) is 1. The molecule has 0 aliphatic carbocycles. The average molecular weight is 286 g/mol. The summed E-state index contributed by atoms with van der Waals surface area (Å²) in [5.41, 5.74) is 1.50. The first-order valence-corrected chi connectivity index (χ1v) is 7.01. The molecule has 1 aliphatic rings. The molecule has 3 rings (SSSR count). The molecule has 6 nitrogen and oxygen atoms in total. The second-order valence-electron chi connectivity index (χ2n) is 5.29. The standard InChI is InChI=1S/C15H18N4O2/c1-10(20)11-3-5-12(6-4-11)15-17-14(18-21-15)13-9-16-7-8-19(13)2/h3-6,13,16H,7-9H2,1-2H3. The molecule has 1 aromatic heterocycles. The van der Waals surface area contributed by atoms with E-state index in [0.29, 0.717) is 17.3 Å². The van der Waals surface area contributed by atoms with Gasteiger partial charge in [-0.25, -0.2) is 0 Å². The molecule has 1 N–H and O–H groups in total. The van der Waals surface area contributed by atoms with Gasteiger partial charge in [0.2, 0.25) is 0 Å². The molecule has 0 amide bonds. The lowest BCUT2D eigenvalue weighted by Gasteiger charge is -2.30. The number of hydrogen-bond acceptors (Lipinski definition) is 6. The maximum Gasteiger partial charge on any atom is 0.257 e. The minimum absolute atomic E-state index is 0.0441. The first-order chi connectivity index (χ1) is 10.1. The fraction of sp³-hybridized carbons (Fsp3) is 0.400. The minimum atomic E-state index is 0.0441. The van der Waals surface area contributed by atoms with Crippen molar-refractivity contribution in [3.8, 4) is 11.5 Å². The minimum Gasteiger partial charge on any atom is -0.334 e. The molecule has 0 spiro atoms. The predicted molar refractivity (Wildman–Crippen MR) is 78.0 cm³/mol. The second kappa shape index (κ2) is 5.75. The van der Waals surface area contributed by atoms with E-state index >= 15 is 0 Å². The van der Waals surface area contributed by atoms with Gasteiger partial charge in [0.1, 0.15) is 0 Å². The molecule has 1 saturated heterocycles. The van der Waals surface area contributed by atoms with E-state index in [2.05, 4.69) is 27.4 Å². The Kier molecular flexibility index (Phi) is 3.81. The number of likely N-dealkylation sites (N-methyl/N-ethyl adjacent to an activating group) is 1. The van der Waals surface area contributed by atoms with Crippen molar-refractivity contribution in [3.63, 3.8) is 0 Å². The van der Waals surface area contributed by atoms with Gasteiger partial charge in [-0.1, -0.05) is 17.3 Å². The summed E-state index contributed by atoms with van der Waals surface area (Å²) in [6, 6.07) is 7.34. The van der Waals surface area contributed by atoms with Crippen LogP contribution in [0.5, 0.6) is 0 Å². The predicted octanol–water partition coefficient (Wildman–Crippen LogP) is 1.52. The van der Waals surface area contributed by atoms with Crippen LogP contribution >= 0.6 is 0 Å². The third-order valence-electron chi connectivity index (χ3n) is 3.79. The number of nitrogens with zero attached hydrogens (tertiary/aromatic N) is 3. The van der Waals surface area contributed by atoms with Crippen LogP contribution in [0.4, 0.5) is 0 Å². The number of piperazine rings is 1. The van der Waals surface area contributed by atoms with E-state index in [-0.39, 0.29) is 11.8 Å². The lowest BCUT2D eigenvalue weighted by atomic mass is 10.1. The van der Waals surface area contributed by atoms with Crippen molar-refractivity contribution < 1.29 is 9.32 Å². The summed E-state index contributed by atoms with van der Waals surface area (Å²) in [7, 11) is 2.06. The lowest BCUT2D eigenvalue weighted by Crippen LogP contribution is -2.44. The third kappa shape index (κ3) is 2.86. The number of carbonyl (C=O) groups excluding carboxylic acids is 1. The number of nitrogens with one attached hydrogen (secondary N) is 1. The van der Waals surface area contributed by atoms with E-state index in [1.807, 2.05) is 12.1 Å². The molecular formula is C15H18N4O2. The van der Waals surface area contributed by atoms with Crippen LogP contribution in [0, 0.1) is 0 Å². The summed E-state index contributed by atoms with van der Waals surface area (Å²) in [5.74, 6) is 1.22. The number of benzene rings is 1. The zero-order valence-electron chi connectivity index (χ0n) is 12.2. The highest BCUT2D eigenvalue weighted by Gasteiger charge is 2.25. The molecule has 1 fully saturated rings. The zero-order chi connectivity index (χ0) is 14.8. The van der Waals surface area contributed by atoms with Crippen molar-refractivity contribution in [2.45, 2.75) is 13.0 Å². The van der Waals surface area contributed by atoms with E-state index in [0.717, 1.165) is 25.2 Å². The Bertz CT molecular complexity index is 635. The Morgan fingerprint density at radius 2 is 2.14 bits per heavy atom. The van der Waals surface area contributed by atoms with Gasteiger partial charge in [0.15, 0.2) is 11.6 Å². The van der Waals surface area contributed by atoms with Gasteiger partial charge in [-0.05, 0) is 26.1 Å². The van der Waals surface area contributed by atoms with Crippen LogP contribution in [0.1, 0.15) is 29.1 Å². The normalized spacial score (nSPS) is 19.6. The van der Waals surface area contributed by atoms with Crippen molar-refractivity contribution >= 4 is 5.78 Å². The van der Waals surface area contributed by atoms with Gasteiger partial charge in [-0.15, -0.1) is 0 Å². The molecule has 110 valence electrons. The largest absolute Gasteiger partial charge is 0.334 e. The second-order valence-corrected chi connectivity index (χ2v) is 5.29. The molecule has 1 unspecified atom stereocenters. The van der Waals surface area contributed by atoms with Crippen LogP contribution in [0.15, 0.2) is 28.8 Å². The zero-order valence-corrected chi connectivity index (χ0v) is 12.2. The molecule has 6 heteroatoms. The van der Waals surface area contributed by atoms with Gasteiger partial charge < -0.3 is 9.84 Å². The van der Waals surface area contributed by atoms with Gasteiger partial charge in [0, 0.05) is 30.8 Å². The van der Waals surface area contributed by atoms with Gasteiger partial charge in [-0.3, -0.25) is 9.69 Å². The van der Waals surface area contributed by atoms with Crippen LogP contribution in [-0.4, -0.2) is 47.5 Å². The van der Waals surface area contributed by atoms with Crippen LogP contribution in [0.25, 0.3) is 11.5 Å². The first kappa shape index (κ1) is 13.9. The van der Waals surface area contributed by atoms with Crippen molar-refractivity contribution in [1.82, 2.24) is 20.4 Å². The summed E-state index contributed by atoms with van der Waals surface area (Å²) >= 11 is 0. The van der Waals surface area contributed by atoms with Crippen LogP contribution in [0.2, 0.25) is 0 Å². The lowest BCUT2D eigenvalue weighted by molar-refractivity contribution is 0.101. The van der Waals surface area contributed by atoms with Crippen molar-refractivity contribution in [3.05, 3.63) is 35.7 Å². The maximum atomic E-state index is 11.3. The third-order valence-corrected chi connectivity index (χ3v) is 3.79. The number of ketones is 1. The van der Waals surface area contributed by atoms with E-state index in [4.69, 9.17) is 4.52 Å². The van der Waals surface area contributed by atoms with Crippen LogP contribution in [-0.2, 0) is 0 Å². The fourth-order valence-electron chi connectivity index (χ4n) is 2.43. The fourth-order valence-corrected chi connectivity index (χ4v) is 2.43. The Morgan fingerprint density at radius 3 is 2.81 bits per heavy atom. The molecule has 0 bridgehead atoms. The SMILES string of the molecule is CC(=O)c1ccc(-c2nc(C3CNCCN3C)no2)cc1. The molecule has 0 saturated carbocycles. The highest BCUT2D eigenvalue weighted by Crippen LogP contribution is 2.23. The quantitative estimate of drug-likeness (QED) is 0.863. The molecule has 1 aliphatic heterocycles. The van der Waals surface area contributed by atoms with Crippen LogP contribution < -0.4 is 5.32 Å².